The van der Waals surface area contributed by atoms with E-state index in [1.165, 1.54) is 18.3 Å². The SMILES string of the molecule is O=C(NC1CCCC1)N[C@](CCc1ccccn1)(c1cc(F)cc(C(F)(F)F)c1)c1ccc(Cl)cn1. The van der Waals surface area contributed by atoms with Crippen molar-refractivity contribution < 1.29 is 22.4 Å². The zero-order valence-electron chi connectivity index (χ0n) is 19.3. The van der Waals surface area contributed by atoms with Gasteiger partial charge in [-0.3, -0.25) is 9.97 Å². The molecule has 3 aromatic rings. The number of halogens is 5. The lowest BCUT2D eigenvalue weighted by Gasteiger charge is -2.36. The van der Waals surface area contributed by atoms with Gasteiger partial charge in [-0.2, -0.15) is 13.2 Å². The molecule has 1 aliphatic rings. The molecule has 0 aliphatic heterocycles. The predicted molar refractivity (Wildman–Crippen MR) is 128 cm³/mol. The van der Waals surface area contributed by atoms with Gasteiger partial charge >= 0.3 is 12.2 Å². The highest BCUT2D eigenvalue weighted by Gasteiger charge is 2.41. The molecule has 2 aromatic heterocycles. The van der Waals surface area contributed by atoms with Crippen LogP contribution in [0.2, 0.25) is 5.02 Å². The quantitative estimate of drug-likeness (QED) is 0.354. The van der Waals surface area contributed by atoms with Gasteiger partial charge in [0.2, 0.25) is 0 Å². The van der Waals surface area contributed by atoms with Crippen LogP contribution in [0, 0.1) is 5.82 Å². The van der Waals surface area contributed by atoms with E-state index in [0.717, 1.165) is 37.8 Å². The normalized spacial score (nSPS) is 15.9. The average Bonchev–Trinajstić information content (AvgIpc) is 3.35. The number of carbonyl (C=O) groups is 1. The molecular weight excluding hydrogens is 496 g/mol. The number of hydrogen-bond donors (Lipinski definition) is 2. The Morgan fingerprint density at radius 2 is 1.78 bits per heavy atom. The van der Waals surface area contributed by atoms with E-state index in [2.05, 4.69) is 20.6 Å². The molecule has 0 radical (unpaired) electrons. The first kappa shape index (κ1) is 25.9. The number of urea groups is 1. The van der Waals surface area contributed by atoms with Crippen LogP contribution in [0.3, 0.4) is 0 Å². The van der Waals surface area contributed by atoms with Gasteiger partial charge in [0.25, 0.3) is 0 Å². The molecule has 0 bridgehead atoms. The largest absolute Gasteiger partial charge is 0.416 e. The highest BCUT2D eigenvalue weighted by Crippen LogP contribution is 2.38. The van der Waals surface area contributed by atoms with Gasteiger partial charge in [-0.05, 0) is 73.7 Å². The summed E-state index contributed by atoms with van der Waals surface area (Å²) in [6, 6.07) is 10.0. The molecule has 1 atom stereocenters. The van der Waals surface area contributed by atoms with Crippen molar-refractivity contribution in [3.63, 3.8) is 0 Å². The standard InChI is InChI=1S/C26H25ClF4N4O/c27-19-8-9-23(33-16-19)25(11-10-21-5-3-4-12-32-21,35-24(36)34-22-6-1-2-7-22)17-13-18(26(29,30)31)15-20(28)14-17/h3-5,8-9,12-16,22H,1-2,6-7,10-11H2,(H2,34,35,36)/t25-/m1/s1. The van der Waals surface area contributed by atoms with Crippen molar-refractivity contribution in [1.82, 2.24) is 20.6 Å². The maximum absolute atomic E-state index is 14.6. The molecule has 1 aliphatic carbocycles. The summed E-state index contributed by atoms with van der Waals surface area (Å²) >= 11 is 6.03. The predicted octanol–water partition coefficient (Wildman–Crippen LogP) is 6.41. The molecule has 2 amide bonds. The summed E-state index contributed by atoms with van der Waals surface area (Å²) in [4.78, 5) is 21.8. The number of amides is 2. The van der Waals surface area contributed by atoms with Crippen molar-refractivity contribution in [3.8, 4) is 0 Å². The van der Waals surface area contributed by atoms with E-state index in [-0.39, 0.29) is 30.1 Å². The van der Waals surface area contributed by atoms with E-state index in [1.54, 1.807) is 24.4 Å². The minimum atomic E-state index is -4.79. The molecule has 190 valence electrons. The number of rotatable bonds is 7. The summed E-state index contributed by atoms with van der Waals surface area (Å²) in [5.41, 5.74) is -1.97. The van der Waals surface area contributed by atoms with Crippen molar-refractivity contribution >= 4 is 17.6 Å². The Morgan fingerprint density at radius 3 is 2.42 bits per heavy atom. The Morgan fingerprint density at radius 1 is 1.03 bits per heavy atom. The van der Waals surface area contributed by atoms with Crippen LogP contribution in [0.4, 0.5) is 22.4 Å². The number of benzene rings is 1. The third-order valence-corrected chi connectivity index (χ3v) is 6.61. The molecule has 0 saturated heterocycles. The lowest BCUT2D eigenvalue weighted by Crippen LogP contribution is -2.53. The molecular formula is C26H25ClF4N4O. The Hall–Kier alpha value is -3.20. The van der Waals surface area contributed by atoms with Gasteiger partial charge in [0.15, 0.2) is 0 Å². The number of aromatic nitrogens is 2. The third kappa shape index (κ3) is 6.13. The summed E-state index contributed by atoms with van der Waals surface area (Å²) < 4.78 is 55.6. The second-order valence-corrected chi connectivity index (χ2v) is 9.33. The summed E-state index contributed by atoms with van der Waals surface area (Å²) in [6.45, 7) is 0. The Bertz CT molecular complexity index is 1180. The number of aryl methyl sites for hydroxylation is 1. The Balaban J connectivity index is 1.84. The number of carbonyl (C=O) groups excluding carboxylic acids is 1. The Labute approximate surface area is 211 Å². The van der Waals surface area contributed by atoms with Crippen molar-refractivity contribution in [2.24, 2.45) is 0 Å². The molecule has 2 N–H and O–H groups in total. The van der Waals surface area contributed by atoms with Crippen LogP contribution in [-0.2, 0) is 18.1 Å². The van der Waals surface area contributed by atoms with Crippen LogP contribution in [0.15, 0.2) is 60.9 Å². The summed E-state index contributed by atoms with van der Waals surface area (Å²) in [5, 5.41) is 6.08. The lowest BCUT2D eigenvalue weighted by atomic mass is 9.80. The number of hydrogen-bond acceptors (Lipinski definition) is 3. The van der Waals surface area contributed by atoms with Gasteiger partial charge in [0.05, 0.1) is 16.3 Å². The summed E-state index contributed by atoms with van der Waals surface area (Å²) in [5.74, 6) is -1.07. The molecule has 10 heteroatoms. The van der Waals surface area contributed by atoms with Crippen molar-refractivity contribution in [2.45, 2.75) is 56.3 Å². The molecule has 1 aromatic carbocycles. The molecule has 2 heterocycles. The van der Waals surface area contributed by atoms with Gasteiger partial charge in [-0.15, -0.1) is 0 Å². The van der Waals surface area contributed by atoms with E-state index in [4.69, 9.17) is 11.6 Å². The van der Waals surface area contributed by atoms with Gasteiger partial charge in [0, 0.05) is 24.1 Å². The first-order valence-electron chi connectivity index (χ1n) is 11.6. The van der Waals surface area contributed by atoms with Gasteiger partial charge in [-0.1, -0.05) is 30.5 Å². The fraction of sp³-hybridized carbons (Fsp3) is 0.346. The van der Waals surface area contributed by atoms with Crippen LogP contribution in [0.25, 0.3) is 0 Å². The van der Waals surface area contributed by atoms with Crippen LogP contribution in [0.1, 0.15) is 54.6 Å². The molecule has 5 nitrogen and oxygen atoms in total. The fourth-order valence-electron chi connectivity index (χ4n) is 4.59. The third-order valence-electron chi connectivity index (χ3n) is 6.38. The Kier molecular flexibility index (Phi) is 7.78. The van der Waals surface area contributed by atoms with Crippen molar-refractivity contribution in [1.29, 1.82) is 0 Å². The van der Waals surface area contributed by atoms with E-state index >= 15 is 0 Å². The van der Waals surface area contributed by atoms with E-state index in [0.29, 0.717) is 16.8 Å². The molecule has 0 spiro atoms. The molecule has 1 fully saturated rings. The van der Waals surface area contributed by atoms with E-state index in [1.807, 2.05) is 0 Å². The fourth-order valence-corrected chi connectivity index (χ4v) is 4.71. The number of nitrogens with one attached hydrogen (secondary N) is 2. The van der Waals surface area contributed by atoms with Crippen molar-refractivity contribution in [2.75, 3.05) is 0 Å². The molecule has 4 rings (SSSR count). The van der Waals surface area contributed by atoms with E-state index in [9.17, 15) is 22.4 Å². The van der Waals surface area contributed by atoms with Crippen LogP contribution < -0.4 is 10.6 Å². The first-order valence-corrected chi connectivity index (χ1v) is 12.0. The maximum Gasteiger partial charge on any atom is 0.416 e. The first-order chi connectivity index (χ1) is 17.2. The maximum atomic E-state index is 14.6. The second kappa shape index (κ2) is 10.8. The smallest absolute Gasteiger partial charge is 0.335 e. The van der Waals surface area contributed by atoms with Gasteiger partial charge < -0.3 is 10.6 Å². The zero-order chi connectivity index (χ0) is 25.8. The second-order valence-electron chi connectivity index (χ2n) is 8.89. The minimum Gasteiger partial charge on any atom is -0.335 e. The number of alkyl halides is 3. The highest BCUT2D eigenvalue weighted by atomic mass is 35.5. The zero-order valence-corrected chi connectivity index (χ0v) is 20.0. The molecule has 0 unspecified atom stereocenters. The molecule has 1 saturated carbocycles. The van der Waals surface area contributed by atoms with Gasteiger partial charge in [0.1, 0.15) is 11.4 Å². The minimum absolute atomic E-state index is 0.0464. The topological polar surface area (TPSA) is 66.9 Å². The van der Waals surface area contributed by atoms with E-state index < -0.39 is 29.1 Å². The molecule has 36 heavy (non-hydrogen) atoms. The number of nitrogens with zero attached hydrogens (tertiary/aromatic N) is 2. The highest BCUT2D eigenvalue weighted by molar-refractivity contribution is 6.30. The van der Waals surface area contributed by atoms with Gasteiger partial charge in [-0.25, -0.2) is 9.18 Å². The summed E-state index contributed by atoms with van der Waals surface area (Å²) in [6.07, 6.45) is 2.07. The van der Waals surface area contributed by atoms with Crippen LogP contribution in [0.5, 0.6) is 0 Å². The lowest BCUT2D eigenvalue weighted by molar-refractivity contribution is -0.137. The monoisotopic (exact) mass is 520 g/mol. The van der Waals surface area contributed by atoms with Crippen LogP contribution in [-0.4, -0.2) is 22.0 Å². The number of pyridine rings is 2. The van der Waals surface area contributed by atoms with Crippen LogP contribution >= 0.6 is 11.6 Å². The van der Waals surface area contributed by atoms with Crippen molar-refractivity contribution in [3.05, 3.63) is 94.3 Å². The summed E-state index contributed by atoms with van der Waals surface area (Å²) in [7, 11) is 0. The average molecular weight is 521 g/mol.